The molecule has 1 fully saturated rings. The van der Waals surface area contributed by atoms with Gasteiger partial charge in [-0.15, -0.1) is 0 Å². The monoisotopic (exact) mass is 377 g/mol. The summed E-state index contributed by atoms with van der Waals surface area (Å²) in [4.78, 5) is 33.9. The maximum Gasteiger partial charge on any atom is 0.237 e. The van der Waals surface area contributed by atoms with Crippen LogP contribution >= 0.6 is 0 Å². The van der Waals surface area contributed by atoms with E-state index < -0.39 is 0 Å². The number of fused-ring (bicyclic) bond motifs is 1. The fourth-order valence-electron chi connectivity index (χ4n) is 3.81. The van der Waals surface area contributed by atoms with Crippen molar-refractivity contribution < 1.29 is 9.59 Å². The van der Waals surface area contributed by atoms with E-state index in [0.29, 0.717) is 18.8 Å². The number of aromatic nitrogens is 2. The molecule has 2 amide bonds. The molecule has 2 aromatic heterocycles. The Bertz CT molecular complexity index is 996. The van der Waals surface area contributed by atoms with Crippen molar-refractivity contribution in [1.29, 1.82) is 5.26 Å². The van der Waals surface area contributed by atoms with E-state index >= 15 is 0 Å². The van der Waals surface area contributed by atoms with Crippen molar-refractivity contribution in [2.75, 3.05) is 11.9 Å². The van der Waals surface area contributed by atoms with Crippen LogP contribution in [0, 0.1) is 17.2 Å². The molecule has 4 rings (SSSR count). The van der Waals surface area contributed by atoms with E-state index in [1.54, 1.807) is 4.90 Å². The van der Waals surface area contributed by atoms with Crippen LogP contribution in [0.1, 0.15) is 44.6 Å². The number of H-pyrrole nitrogens is 1. The van der Waals surface area contributed by atoms with Crippen LogP contribution in [0.15, 0.2) is 24.4 Å². The van der Waals surface area contributed by atoms with Gasteiger partial charge < -0.3 is 15.2 Å². The number of nitriles is 1. The van der Waals surface area contributed by atoms with Crippen molar-refractivity contribution in [1.82, 2.24) is 14.9 Å². The van der Waals surface area contributed by atoms with Crippen molar-refractivity contribution >= 4 is 34.2 Å². The van der Waals surface area contributed by atoms with Gasteiger partial charge in [-0.05, 0) is 49.0 Å². The van der Waals surface area contributed by atoms with Crippen LogP contribution in [0.25, 0.3) is 16.6 Å². The Kier molecular flexibility index (Phi) is 4.86. The Morgan fingerprint density at radius 1 is 1.43 bits per heavy atom. The molecule has 1 atom stereocenters. The molecular weight excluding hydrogens is 354 g/mol. The molecule has 3 heterocycles. The summed E-state index contributed by atoms with van der Waals surface area (Å²) in [5.74, 6) is 0.576. The average molecular weight is 377 g/mol. The highest BCUT2D eigenvalue weighted by Gasteiger charge is 2.30. The smallest absolute Gasteiger partial charge is 0.237 e. The molecule has 7 nitrogen and oxygen atoms in total. The van der Waals surface area contributed by atoms with Gasteiger partial charge in [-0.25, -0.2) is 4.98 Å². The Morgan fingerprint density at radius 2 is 2.25 bits per heavy atom. The number of aromatic amines is 1. The topological polar surface area (TPSA) is 102 Å². The molecule has 2 aromatic rings. The minimum Gasteiger partial charge on any atom is -0.346 e. The quantitative estimate of drug-likeness (QED) is 0.835. The van der Waals surface area contributed by atoms with Gasteiger partial charge in [0.1, 0.15) is 17.9 Å². The van der Waals surface area contributed by atoms with Crippen molar-refractivity contribution in [3.63, 3.8) is 0 Å². The van der Waals surface area contributed by atoms with Gasteiger partial charge in [0.2, 0.25) is 11.8 Å². The van der Waals surface area contributed by atoms with Gasteiger partial charge in [0.15, 0.2) is 0 Å². The van der Waals surface area contributed by atoms with Gasteiger partial charge in [-0.3, -0.25) is 9.59 Å². The number of hydrogen-bond acceptors (Lipinski definition) is 4. The predicted octanol–water partition coefficient (Wildman–Crippen LogP) is 3.22. The van der Waals surface area contributed by atoms with Crippen molar-refractivity contribution in [2.45, 2.75) is 45.1 Å². The molecule has 0 saturated heterocycles. The highest BCUT2D eigenvalue weighted by molar-refractivity contribution is 5.97. The van der Waals surface area contributed by atoms with E-state index in [4.69, 9.17) is 5.26 Å². The van der Waals surface area contributed by atoms with E-state index in [2.05, 4.69) is 28.3 Å². The normalized spacial score (nSPS) is 19.2. The first-order chi connectivity index (χ1) is 13.6. The number of carbonyl (C=O) groups excluding carboxylic acids is 2. The zero-order valence-electron chi connectivity index (χ0n) is 15.9. The lowest BCUT2D eigenvalue weighted by atomic mass is 9.91. The number of anilines is 1. The van der Waals surface area contributed by atoms with Gasteiger partial charge in [-0.1, -0.05) is 13.0 Å². The summed E-state index contributed by atoms with van der Waals surface area (Å²) in [6.07, 6.45) is 7.23. The number of carbonyl (C=O) groups is 2. The lowest BCUT2D eigenvalue weighted by Gasteiger charge is -2.34. The number of pyridine rings is 1. The molecule has 1 saturated carbocycles. The van der Waals surface area contributed by atoms with Gasteiger partial charge in [0.05, 0.1) is 6.07 Å². The predicted molar refractivity (Wildman–Crippen MR) is 106 cm³/mol. The van der Waals surface area contributed by atoms with Crippen LogP contribution in [0.3, 0.4) is 0 Å². The van der Waals surface area contributed by atoms with E-state index in [-0.39, 0.29) is 30.2 Å². The molecular formula is C21H23N5O2. The van der Waals surface area contributed by atoms with Gasteiger partial charge in [0, 0.05) is 30.1 Å². The largest absolute Gasteiger partial charge is 0.346 e. The zero-order chi connectivity index (χ0) is 19.7. The van der Waals surface area contributed by atoms with Crippen molar-refractivity contribution in [3.05, 3.63) is 30.0 Å². The third-order valence-corrected chi connectivity index (χ3v) is 5.53. The molecule has 0 spiro atoms. The summed E-state index contributed by atoms with van der Waals surface area (Å²) in [6, 6.07) is 5.93. The molecule has 1 aliphatic heterocycles. The molecule has 144 valence electrons. The van der Waals surface area contributed by atoms with Gasteiger partial charge in [0.25, 0.3) is 0 Å². The molecule has 0 radical (unpaired) electrons. The molecule has 0 aromatic carbocycles. The third kappa shape index (κ3) is 3.50. The summed E-state index contributed by atoms with van der Waals surface area (Å²) < 4.78 is 0. The third-order valence-electron chi connectivity index (χ3n) is 5.53. The molecule has 0 bridgehead atoms. The van der Waals surface area contributed by atoms with Crippen LogP contribution in [0.2, 0.25) is 0 Å². The maximum atomic E-state index is 12.2. The summed E-state index contributed by atoms with van der Waals surface area (Å²) in [5, 5.41) is 12.8. The first-order valence-corrected chi connectivity index (χ1v) is 9.75. The SMILES string of the molecule is CCC1CC(c2cc(NC(=O)C3CC3)nc3[nH]ccc23)=CCN1C(=O)CC#N. The van der Waals surface area contributed by atoms with E-state index in [0.717, 1.165) is 41.4 Å². The van der Waals surface area contributed by atoms with Crippen LogP contribution in [-0.4, -0.2) is 39.3 Å². The maximum absolute atomic E-state index is 12.2. The van der Waals surface area contributed by atoms with E-state index in [1.165, 1.54) is 0 Å². The van der Waals surface area contributed by atoms with Crippen LogP contribution in [0.4, 0.5) is 5.82 Å². The van der Waals surface area contributed by atoms with E-state index in [1.807, 2.05) is 24.4 Å². The highest BCUT2D eigenvalue weighted by Crippen LogP contribution is 2.34. The number of hydrogen-bond donors (Lipinski definition) is 2. The Labute approximate surface area is 163 Å². The summed E-state index contributed by atoms with van der Waals surface area (Å²) in [7, 11) is 0. The average Bonchev–Trinajstić information content (AvgIpc) is 3.45. The second-order valence-corrected chi connectivity index (χ2v) is 7.44. The Balaban J connectivity index is 1.66. The minimum absolute atomic E-state index is 0.0293. The van der Waals surface area contributed by atoms with Crippen LogP contribution < -0.4 is 5.32 Å². The van der Waals surface area contributed by atoms with E-state index in [9.17, 15) is 9.59 Å². The lowest BCUT2D eigenvalue weighted by Crippen LogP contribution is -2.42. The standard InChI is InChI=1S/C21H23N5O2/c1-2-15-11-14(7-10-26(15)19(27)5-8-22)17-12-18(25-21(28)13-3-4-13)24-20-16(17)6-9-23-20/h6-7,9,12-13,15H,2-5,10-11H2,1H3,(H2,23,24,25,28). The molecule has 2 N–H and O–H groups in total. The fraction of sp³-hybridized carbons (Fsp3) is 0.429. The number of nitrogens with zero attached hydrogens (tertiary/aromatic N) is 3. The Hall–Kier alpha value is -3.14. The van der Waals surface area contributed by atoms with Crippen LogP contribution in [0.5, 0.6) is 0 Å². The highest BCUT2D eigenvalue weighted by atomic mass is 16.2. The van der Waals surface area contributed by atoms with Gasteiger partial charge >= 0.3 is 0 Å². The minimum atomic E-state index is -0.122. The summed E-state index contributed by atoms with van der Waals surface area (Å²) in [5.41, 5.74) is 2.91. The first kappa shape index (κ1) is 18.2. The second-order valence-electron chi connectivity index (χ2n) is 7.44. The summed E-state index contributed by atoms with van der Waals surface area (Å²) >= 11 is 0. The van der Waals surface area contributed by atoms with Crippen molar-refractivity contribution in [2.24, 2.45) is 5.92 Å². The summed E-state index contributed by atoms with van der Waals surface area (Å²) in [6.45, 7) is 2.55. The second kappa shape index (κ2) is 7.47. The number of rotatable bonds is 5. The molecule has 7 heteroatoms. The molecule has 1 aliphatic carbocycles. The molecule has 2 aliphatic rings. The van der Waals surface area contributed by atoms with Gasteiger partial charge in [-0.2, -0.15) is 5.26 Å². The zero-order valence-corrected chi connectivity index (χ0v) is 15.9. The number of nitrogens with one attached hydrogen (secondary N) is 2. The molecule has 1 unspecified atom stereocenters. The first-order valence-electron chi connectivity index (χ1n) is 9.75. The van der Waals surface area contributed by atoms with Crippen LogP contribution in [-0.2, 0) is 9.59 Å². The van der Waals surface area contributed by atoms with Crippen molar-refractivity contribution in [3.8, 4) is 6.07 Å². The molecule has 28 heavy (non-hydrogen) atoms. The lowest BCUT2D eigenvalue weighted by molar-refractivity contribution is -0.132. The Morgan fingerprint density at radius 3 is 2.96 bits per heavy atom. The number of amides is 2. The fourth-order valence-corrected chi connectivity index (χ4v) is 3.81.